The highest BCUT2D eigenvalue weighted by molar-refractivity contribution is 6.83. The first-order chi connectivity index (χ1) is 5.83. The zero-order valence-corrected chi connectivity index (χ0v) is 8.86. The molecule has 0 radical (unpaired) electrons. The van der Waals surface area contributed by atoms with Gasteiger partial charge in [-0.2, -0.15) is 8.78 Å². The molecule has 0 rings (SSSR count). The summed E-state index contributed by atoms with van der Waals surface area (Å²) in [6.07, 6.45) is -3.06. The van der Waals surface area contributed by atoms with Gasteiger partial charge in [0.1, 0.15) is 8.07 Å². The molecular weight excluding hydrogens is 194 g/mol. The number of halogens is 2. The van der Waals surface area contributed by atoms with Crippen molar-refractivity contribution in [2.24, 2.45) is 0 Å². The zero-order valence-electron chi connectivity index (χ0n) is 7.86. The van der Waals surface area contributed by atoms with Gasteiger partial charge in [0.25, 0.3) is 0 Å². The van der Waals surface area contributed by atoms with Gasteiger partial charge in [-0.05, 0) is 0 Å². The number of hydrogen-bond donors (Lipinski definition) is 0. The van der Waals surface area contributed by atoms with Crippen LogP contribution in [0.15, 0.2) is 0 Å². The molecule has 0 atom stereocenters. The molecule has 0 aliphatic rings. The highest BCUT2D eigenvalue weighted by Crippen LogP contribution is 1.97. The average molecular weight is 206 g/mol. The first kappa shape index (κ1) is 12.1. The third-order valence-corrected chi connectivity index (χ3v) is 1.85. The second kappa shape index (κ2) is 4.97. The van der Waals surface area contributed by atoms with E-state index in [-0.39, 0.29) is 6.61 Å². The number of ether oxygens (including phenoxy) is 1. The van der Waals surface area contributed by atoms with Crippen molar-refractivity contribution in [1.29, 1.82) is 0 Å². The molecule has 5 heteroatoms. The molecule has 0 N–H and O–H groups in total. The summed E-state index contributed by atoms with van der Waals surface area (Å²) in [5.41, 5.74) is 2.88. The number of hydrogen-bond acceptors (Lipinski definition) is 2. The molecule has 0 spiro atoms. The number of carbonyl (C=O) groups excluding carboxylic acids is 1. The van der Waals surface area contributed by atoms with Gasteiger partial charge in [-0.25, -0.2) is 4.79 Å². The smallest absolute Gasteiger partial charge is 0.374 e. The second-order valence-electron chi connectivity index (χ2n) is 3.46. The van der Waals surface area contributed by atoms with Crippen molar-refractivity contribution in [3.63, 3.8) is 0 Å². The van der Waals surface area contributed by atoms with E-state index in [0.717, 1.165) is 0 Å². The molecule has 0 aromatic heterocycles. The Morgan fingerprint density at radius 2 is 2.00 bits per heavy atom. The fourth-order valence-electron chi connectivity index (χ4n) is 0.471. The van der Waals surface area contributed by atoms with E-state index in [2.05, 4.69) is 16.2 Å². The molecule has 0 saturated heterocycles. The van der Waals surface area contributed by atoms with E-state index in [1.165, 1.54) is 0 Å². The van der Waals surface area contributed by atoms with Crippen LogP contribution in [-0.4, -0.2) is 27.1 Å². The van der Waals surface area contributed by atoms with E-state index in [1.54, 1.807) is 0 Å². The molecule has 0 aliphatic carbocycles. The van der Waals surface area contributed by atoms with E-state index in [4.69, 9.17) is 0 Å². The van der Waals surface area contributed by atoms with E-state index < -0.39 is 20.5 Å². The summed E-state index contributed by atoms with van der Waals surface area (Å²) in [6, 6.07) is 0. The molecule has 0 heterocycles. The molecular formula is C8H12F2O2Si. The van der Waals surface area contributed by atoms with Gasteiger partial charge in [-0.1, -0.05) is 25.6 Å². The van der Waals surface area contributed by atoms with E-state index in [1.807, 2.05) is 19.6 Å². The highest BCUT2D eigenvalue weighted by Gasteiger charge is 2.15. The van der Waals surface area contributed by atoms with Crippen molar-refractivity contribution in [2.45, 2.75) is 26.1 Å². The van der Waals surface area contributed by atoms with Gasteiger partial charge in [0.15, 0.2) is 6.61 Å². The summed E-state index contributed by atoms with van der Waals surface area (Å²) in [5.74, 6) is 1.04. The number of rotatable bonds is 2. The third kappa shape index (κ3) is 7.47. The van der Waals surface area contributed by atoms with Gasteiger partial charge >= 0.3 is 12.4 Å². The Labute approximate surface area is 77.3 Å². The Bertz CT molecular complexity index is 235. The Morgan fingerprint density at radius 1 is 1.46 bits per heavy atom. The second-order valence-corrected chi connectivity index (χ2v) is 8.21. The van der Waals surface area contributed by atoms with Gasteiger partial charge in [-0.3, -0.25) is 0 Å². The fourth-order valence-corrected chi connectivity index (χ4v) is 1.07. The molecule has 0 aromatic carbocycles. The molecule has 0 amide bonds. The first-order valence-corrected chi connectivity index (χ1v) is 7.28. The standard InChI is InChI=1S/C8H12F2O2Si/c1-13(2,3)6-4-5-12-8(11)7(9)10/h7H,5H2,1-3H3. The Kier molecular flexibility index (Phi) is 4.63. The summed E-state index contributed by atoms with van der Waals surface area (Å²) < 4.78 is 27.3. The minimum atomic E-state index is -3.06. The van der Waals surface area contributed by atoms with Gasteiger partial charge in [0.05, 0.1) is 0 Å². The number of esters is 1. The normalized spacial score (nSPS) is 10.6. The minimum absolute atomic E-state index is 0.243. The SMILES string of the molecule is C[Si](C)(C)C#CCOC(=O)C(F)F. The van der Waals surface area contributed by atoms with Crippen LogP contribution in [0.25, 0.3) is 0 Å². The summed E-state index contributed by atoms with van der Waals surface area (Å²) in [6.45, 7) is 5.78. The van der Waals surface area contributed by atoms with Crippen molar-refractivity contribution in [3.8, 4) is 11.5 Å². The van der Waals surface area contributed by atoms with Gasteiger partial charge < -0.3 is 4.74 Å². The molecule has 0 fully saturated rings. The predicted molar refractivity (Wildman–Crippen MR) is 48.1 cm³/mol. The fraction of sp³-hybridized carbons (Fsp3) is 0.625. The molecule has 13 heavy (non-hydrogen) atoms. The third-order valence-electron chi connectivity index (χ3n) is 0.928. The zero-order chi connectivity index (χ0) is 10.5. The monoisotopic (exact) mass is 206 g/mol. The number of carbonyl (C=O) groups is 1. The Hall–Kier alpha value is -0.893. The lowest BCUT2D eigenvalue weighted by atomic mass is 10.7. The lowest BCUT2D eigenvalue weighted by Crippen LogP contribution is -2.18. The maximum absolute atomic E-state index is 11.6. The summed E-state index contributed by atoms with van der Waals surface area (Å²) >= 11 is 0. The van der Waals surface area contributed by atoms with Crippen LogP contribution in [0.5, 0.6) is 0 Å². The van der Waals surface area contributed by atoms with Crippen LogP contribution in [0.4, 0.5) is 8.78 Å². The maximum Gasteiger partial charge on any atom is 0.374 e. The molecule has 0 aromatic rings. The quantitative estimate of drug-likeness (QED) is 0.390. The van der Waals surface area contributed by atoms with Crippen LogP contribution in [0.1, 0.15) is 0 Å². The van der Waals surface area contributed by atoms with Crippen molar-refractivity contribution in [2.75, 3.05) is 6.61 Å². The summed E-state index contributed by atoms with van der Waals surface area (Å²) in [7, 11) is -1.50. The van der Waals surface area contributed by atoms with Gasteiger partial charge in [0, 0.05) is 0 Å². The summed E-state index contributed by atoms with van der Waals surface area (Å²) in [5, 5.41) is 0. The van der Waals surface area contributed by atoms with E-state index >= 15 is 0 Å². The average Bonchev–Trinajstić information content (AvgIpc) is 1.95. The van der Waals surface area contributed by atoms with Crippen LogP contribution in [0.3, 0.4) is 0 Å². The molecule has 0 saturated carbocycles. The molecule has 0 aliphatic heterocycles. The van der Waals surface area contributed by atoms with Crippen LogP contribution in [0, 0.1) is 11.5 Å². The Balaban J connectivity index is 3.79. The van der Waals surface area contributed by atoms with Crippen LogP contribution in [0.2, 0.25) is 19.6 Å². The van der Waals surface area contributed by atoms with E-state index in [9.17, 15) is 13.6 Å². The van der Waals surface area contributed by atoms with Crippen LogP contribution >= 0.6 is 0 Å². The lowest BCUT2D eigenvalue weighted by Gasteiger charge is -2.03. The predicted octanol–water partition coefficient (Wildman–Crippen LogP) is 1.68. The molecule has 0 unspecified atom stereocenters. The first-order valence-electron chi connectivity index (χ1n) is 3.78. The molecule has 74 valence electrons. The van der Waals surface area contributed by atoms with Crippen molar-refractivity contribution < 1.29 is 18.3 Å². The Morgan fingerprint density at radius 3 is 2.38 bits per heavy atom. The van der Waals surface area contributed by atoms with Gasteiger partial charge in [0.2, 0.25) is 0 Å². The van der Waals surface area contributed by atoms with Crippen LogP contribution in [-0.2, 0) is 9.53 Å². The van der Waals surface area contributed by atoms with Crippen molar-refractivity contribution >= 4 is 14.0 Å². The maximum atomic E-state index is 11.6. The van der Waals surface area contributed by atoms with Crippen molar-refractivity contribution in [1.82, 2.24) is 0 Å². The largest absolute Gasteiger partial charge is 0.448 e. The molecule has 0 bridgehead atoms. The highest BCUT2D eigenvalue weighted by atomic mass is 28.3. The minimum Gasteiger partial charge on any atom is -0.448 e. The topological polar surface area (TPSA) is 26.3 Å². The van der Waals surface area contributed by atoms with E-state index in [0.29, 0.717) is 0 Å². The van der Waals surface area contributed by atoms with Gasteiger partial charge in [-0.15, -0.1) is 5.54 Å². The molecule has 2 nitrogen and oxygen atoms in total. The lowest BCUT2D eigenvalue weighted by molar-refractivity contribution is -0.154. The van der Waals surface area contributed by atoms with Crippen molar-refractivity contribution in [3.05, 3.63) is 0 Å². The summed E-state index contributed by atoms with van der Waals surface area (Å²) in [4.78, 5) is 10.2. The number of alkyl halides is 2. The van der Waals surface area contributed by atoms with Crippen LogP contribution < -0.4 is 0 Å².